The molecular formula is C21H30N2O3. The molecule has 0 atom stereocenters. The lowest BCUT2D eigenvalue weighted by atomic mass is 9.76. The highest BCUT2D eigenvalue weighted by molar-refractivity contribution is 5.88. The van der Waals surface area contributed by atoms with E-state index in [9.17, 15) is 9.59 Å². The van der Waals surface area contributed by atoms with Crippen molar-refractivity contribution in [3.63, 3.8) is 0 Å². The van der Waals surface area contributed by atoms with Crippen molar-refractivity contribution in [3.8, 4) is 0 Å². The summed E-state index contributed by atoms with van der Waals surface area (Å²) in [5, 5.41) is 8.97. The summed E-state index contributed by atoms with van der Waals surface area (Å²) in [6.07, 6.45) is 5.79. The van der Waals surface area contributed by atoms with Crippen LogP contribution in [0.1, 0.15) is 49.7 Å². The van der Waals surface area contributed by atoms with Crippen LogP contribution in [0.4, 0.5) is 0 Å². The Morgan fingerprint density at radius 1 is 1.23 bits per heavy atom. The molecule has 1 aromatic rings. The number of likely N-dealkylation sites (N-methyl/N-ethyl adjacent to an activating group) is 1. The maximum absolute atomic E-state index is 13.5. The monoisotopic (exact) mass is 358 g/mol. The van der Waals surface area contributed by atoms with Gasteiger partial charge in [-0.05, 0) is 45.2 Å². The largest absolute Gasteiger partial charge is 0.480 e. The van der Waals surface area contributed by atoms with Crippen LogP contribution in [0.5, 0.6) is 0 Å². The fourth-order valence-corrected chi connectivity index (χ4v) is 4.70. The number of nitrogens with zero attached hydrogens (tertiary/aromatic N) is 2. The first-order chi connectivity index (χ1) is 12.4. The second-order valence-corrected chi connectivity index (χ2v) is 7.99. The molecule has 1 aromatic carbocycles. The Bertz CT molecular complexity index is 659. The Balaban J connectivity index is 1.71. The number of carbonyl (C=O) groups is 2. The minimum absolute atomic E-state index is 0.0614. The Morgan fingerprint density at radius 2 is 1.88 bits per heavy atom. The van der Waals surface area contributed by atoms with E-state index >= 15 is 0 Å². The zero-order valence-electron chi connectivity index (χ0n) is 15.9. The van der Waals surface area contributed by atoms with Crippen molar-refractivity contribution in [1.29, 1.82) is 0 Å². The van der Waals surface area contributed by atoms with Crippen molar-refractivity contribution in [2.24, 2.45) is 0 Å². The van der Waals surface area contributed by atoms with Gasteiger partial charge in [0.2, 0.25) is 5.91 Å². The van der Waals surface area contributed by atoms with Crippen LogP contribution < -0.4 is 0 Å². The Morgan fingerprint density at radius 3 is 2.46 bits per heavy atom. The summed E-state index contributed by atoms with van der Waals surface area (Å²) >= 11 is 0. The Kier molecular flexibility index (Phi) is 5.66. The summed E-state index contributed by atoms with van der Waals surface area (Å²) < 4.78 is 0. The SMILES string of the molecule is Cc1cccc(C2(C(=O)N3CCC(N(C)CC(=O)O)CC3)CCCC2)c1. The molecule has 26 heavy (non-hydrogen) atoms. The van der Waals surface area contributed by atoms with E-state index in [4.69, 9.17) is 5.11 Å². The average Bonchev–Trinajstić information content (AvgIpc) is 3.12. The highest BCUT2D eigenvalue weighted by Crippen LogP contribution is 2.43. The molecule has 142 valence electrons. The van der Waals surface area contributed by atoms with Gasteiger partial charge in [0, 0.05) is 19.1 Å². The van der Waals surface area contributed by atoms with Gasteiger partial charge in [-0.1, -0.05) is 42.7 Å². The van der Waals surface area contributed by atoms with Gasteiger partial charge in [0.05, 0.1) is 12.0 Å². The van der Waals surface area contributed by atoms with E-state index in [1.54, 1.807) is 0 Å². The van der Waals surface area contributed by atoms with Gasteiger partial charge in [-0.25, -0.2) is 0 Å². The summed E-state index contributed by atoms with van der Waals surface area (Å²) in [4.78, 5) is 28.4. The lowest BCUT2D eigenvalue weighted by molar-refractivity contribution is -0.141. The van der Waals surface area contributed by atoms with Gasteiger partial charge in [0.15, 0.2) is 0 Å². The molecule has 0 spiro atoms. The molecule has 0 unspecified atom stereocenters. The van der Waals surface area contributed by atoms with E-state index in [1.165, 1.54) is 11.1 Å². The molecule has 5 heteroatoms. The highest BCUT2D eigenvalue weighted by Gasteiger charge is 2.45. The number of carboxylic acids is 1. The first kappa shape index (κ1) is 18.9. The van der Waals surface area contributed by atoms with Gasteiger partial charge in [-0.15, -0.1) is 0 Å². The number of hydrogen-bond donors (Lipinski definition) is 1. The molecule has 1 amide bonds. The van der Waals surface area contributed by atoms with Crippen LogP contribution in [0.3, 0.4) is 0 Å². The van der Waals surface area contributed by atoms with Gasteiger partial charge in [-0.3, -0.25) is 14.5 Å². The fraction of sp³-hybridized carbons (Fsp3) is 0.619. The third kappa shape index (κ3) is 3.78. The van der Waals surface area contributed by atoms with E-state index in [0.717, 1.165) is 51.6 Å². The number of carboxylic acid groups (broad SMARTS) is 1. The molecule has 2 aliphatic rings. The van der Waals surface area contributed by atoms with E-state index in [1.807, 2.05) is 16.8 Å². The number of aliphatic carboxylic acids is 1. The quantitative estimate of drug-likeness (QED) is 0.879. The second kappa shape index (κ2) is 7.78. The van der Waals surface area contributed by atoms with Gasteiger partial charge in [-0.2, -0.15) is 0 Å². The van der Waals surface area contributed by atoms with Crippen molar-refractivity contribution < 1.29 is 14.7 Å². The van der Waals surface area contributed by atoms with Crippen molar-refractivity contribution in [3.05, 3.63) is 35.4 Å². The molecule has 1 N–H and O–H groups in total. The maximum Gasteiger partial charge on any atom is 0.317 e. The first-order valence-corrected chi connectivity index (χ1v) is 9.71. The van der Waals surface area contributed by atoms with E-state index in [2.05, 4.69) is 31.2 Å². The molecule has 2 fully saturated rings. The molecule has 0 bridgehead atoms. The predicted molar refractivity (Wildman–Crippen MR) is 101 cm³/mol. The van der Waals surface area contributed by atoms with Crippen LogP contribution >= 0.6 is 0 Å². The zero-order chi connectivity index (χ0) is 18.7. The standard InChI is InChI=1S/C21H30N2O3/c1-16-6-5-7-17(14-16)21(10-3-4-11-21)20(26)23-12-8-18(9-13-23)22(2)15-19(24)25/h5-7,14,18H,3-4,8-13,15H2,1-2H3,(H,24,25). The number of benzene rings is 1. The topological polar surface area (TPSA) is 60.9 Å². The lowest BCUT2D eigenvalue weighted by Crippen LogP contribution is -2.51. The van der Waals surface area contributed by atoms with E-state index in [-0.39, 0.29) is 23.9 Å². The normalized spacial score (nSPS) is 20.5. The van der Waals surface area contributed by atoms with Crippen LogP contribution in [0.2, 0.25) is 0 Å². The third-order valence-electron chi connectivity index (χ3n) is 6.20. The third-order valence-corrected chi connectivity index (χ3v) is 6.20. The van der Waals surface area contributed by atoms with Crippen LogP contribution in [0.15, 0.2) is 24.3 Å². The summed E-state index contributed by atoms with van der Waals surface area (Å²) in [7, 11) is 1.86. The summed E-state index contributed by atoms with van der Waals surface area (Å²) in [5.74, 6) is -0.518. The van der Waals surface area contributed by atoms with Crippen molar-refractivity contribution in [1.82, 2.24) is 9.80 Å². The van der Waals surface area contributed by atoms with Crippen molar-refractivity contribution in [2.45, 2.75) is 56.9 Å². The molecule has 0 aromatic heterocycles. The highest BCUT2D eigenvalue weighted by atomic mass is 16.4. The molecule has 1 heterocycles. The van der Waals surface area contributed by atoms with E-state index < -0.39 is 5.97 Å². The number of hydrogen-bond acceptors (Lipinski definition) is 3. The summed E-state index contributed by atoms with van der Waals surface area (Å²) in [5.41, 5.74) is 2.02. The molecule has 5 nitrogen and oxygen atoms in total. The molecule has 1 aliphatic heterocycles. The fourth-order valence-electron chi connectivity index (χ4n) is 4.70. The summed E-state index contributed by atoms with van der Waals surface area (Å²) in [6, 6.07) is 8.68. The van der Waals surface area contributed by atoms with Crippen molar-refractivity contribution in [2.75, 3.05) is 26.7 Å². The molecule has 1 saturated heterocycles. The van der Waals surface area contributed by atoms with Gasteiger partial charge < -0.3 is 10.0 Å². The minimum Gasteiger partial charge on any atom is -0.480 e. The minimum atomic E-state index is -0.796. The number of aryl methyl sites for hydroxylation is 1. The molecule has 1 saturated carbocycles. The van der Waals surface area contributed by atoms with Crippen LogP contribution in [0, 0.1) is 6.92 Å². The van der Waals surface area contributed by atoms with Crippen molar-refractivity contribution >= 4 is 11.9 Å². The van der Waals surface area contributed by atoms with Crippen LogP contribution in [0.25, 0.3) is 0 Å². The van der Waals surface area contributed by atoms with Crippen LogP contribution in [-0.4, -0.2) is 59.5 Å². The summed E-state index contributed by atoms with van der Waals surface area (Å²) in [6.45, 7) is 3.59. The second-order valence-electron chi connectivity index (χ2n) is 7.99. The average molecular weight is 358 g/mol. The predicted octanol–water partition coefficient (Wildman–Crippen LogP) is 2.81. The number of carbonyl (C=O) groups excluding carboxylic acids is 1. The maximum atomic E-state index is 13.5. The molecule has 3 rings (SSSR count). The number of piperidine rings is 1. The number of rotatable bonds is 5. The van der Waals surface area contributed by atoms with Crippen LogP contribution in [-0.2, 0) is 15.0 Å². The van der Waals surface area contributed by atoms with Gasteiger partial charge in [0.25, 0.3) is 0 Å². The lowest BCUT2D eigenvalue weighted by Gasteiger charge is -2.40. The molecular weight excluding hydrogens is 328 g/mol. The van der Waals surface area contributed by atoms with Gasteiger partial charge in [0.1, 0.15) is 0 Å². The van der Waals surface area contributed by atoms with E-state index in [0.29, 0.717) is 0 Å². The molecule has 1 aliphatic carbocycles. The number of amides is 1. The first-order valence-electron chi connectivity index (χ1n) is 9.71. The molecule has 0 radical (unpaired) electrons. The Hall–Kier alpha value is -1.88. The van der Waals surface area contributed by atoms with Gasteiger partial charge >= 0.3 is 5.97 Å². The smallest absolute Gasteiger partial charge is 0.317 e. The Labute approximate surface area is 156 Å². The zero-order valence-corrected chi connectivity index (χ0v) is 15.9. The number of likely N-dealkylation sites (tertiary alicyclic amines) is 1.